The summed E-state index contributed by atoms with van der Waals surface area (Å²) in [7, 11) is 0. The second kappa shape index (κ2) is 12.6. The maximum atomic E-state index is 13.2. The highest BCUT2D eigenvalue weighted by atomic mass is 32.2. The molecule has 2 N–H and O–H groups in total. The molecule has 8 nitrogen and oxygen atoms in total. The molecule has 4 rings (SSSR count). The number of thiocarbonyl (C=S) groups is 2. The zero-order valence-corrected chi connectivity index (χ0v) is 25.7. The fraction of sp³-hybridized carbons (Fsp3) is 0.286. The van der Waals surface area contributed by atoms with Gasteiger partial charge in [0.2, 0.25) is 11.8 Å². The molecule has 40 heavy (non-hydrogen) atoms. The molecular weight excluding hydrogens is 585 g/mol. The van der Waals surface area contributed by atoms with Gasteiger partial charge in [-0.2, -0.15) is 0 Å². The van der Waals surface area contributed by atoms with Crippen LogP contribution in [0.2, 0.25) is 0 Å². The Labute approximate surface area is 252 Å². The molecule has 0 unspecified atom stereocenters. The van der Waals surface area contributed by atoms with Crippen LogP contribution in [0.4, 0.5) is 11.4 Å². The second-order valence-corrected chi connectivity index (χ2v) is 12.7. The summed E-state index contributed by atoms with van der Waals surface area (Å²) in [5, 5.41) is 5.76. The van der Waals surface area contributed by atoms with Gasteiger partial charge in [0.25, 0.3) is 11.8 Å². The van der Waals surface area contributed by atoms with Crippen molar-refractivity contribution in [2.24, 2.45) is 0 Å². The summed E-state index contributed by atoms with van der Waals surface area (Å²) in [6.07, 6.45) is 0.0904. The number of nitrogens with zero attached hydrogens (tertiary/aromatic N) is 2. The first kappa shape index (κ1) is 29.9. The van der Waals surface area contributed by atoms with E-state index in [9.17, 15) is 19.2 Å². The van der Waals surface area contributed by atoms with Crippen molar-refractivity contribution in [1.82, 2.24) is 9.80 Å². The zero-order chi connectivity index (χ0) is 29.1. The largest absolute Gasteiger partial charge is 0.326 e. The Kier molecular flexibility index (Phi) is 9.44. The number of thioether (sulfide) groups is 2. The molecule has 0 spiro atoms. The molecular formula is C28H28N4O4S4. The normalized spacial score (nSPS) is 17.2. The van der Waals surface area contributed by atoms with Crippen LogP contribution in [0, 0.1) is 27.7 Å². The van der Waals surface area contributed by atoms with Gasteiger partial charge >= 0.3 is 0 Å². The number of rotatable bonds is 8. The summed E-state index contributed by atoms with van der Waals surface area (Å²) >= 11 is 12.8. The first-order valence-electron chi connectivity index (χ1n) is 12.5. The number of nitrogens with one attached hydrogen (secondary N) is 2. The van der Waals surface area contributed by atoms with E-state index in [-0.39, 0.29) is 56.2 Å². The van der Waals surface area contributed by atoms with Gasteiger partial charge in [-0.3, -0.25) is 29.0 Å². The number of hydrogen-bond acceptors (Lipinski definition) is 8. The van der Waals surface area contributed by atoms with Crippen LogP contribution >= 0.6 is 48.0 Å². The third-order valence-corrected chi connectivity index (χ3v) is 9.81. The van der Waals surface area contributed by atoms with Crippen LogP contribution in [0.5, 0.6) is 0 Å². The van der Waals surface area contributed by atoms with Crippen molar-refractivity contribution < 1.29 is 19.2 Å². The molecule has 0 atom stereocenters. The minimum absolute atomic E-state index is 0.0452. The van der Waals surface area contributed by atoms with E-state index in [0.717, 1.165) is 57.2 Å². The zero-order valence-electron chi connectivity index (χ0n) is 22.5. The summed E-state index contributed by atoms with van der Waals surface area (Å²) in [6.45, 7) is 7.97. The summed E-state index contributed by atoms with van der Waals surface area (Å²) in [5.74, 6) is -1.34. The molecule has 4 amide bonds. The average Bonchev–Trinajstić information content (AvgIpc) is 3.35. The van der Waals surface area contributed by atoms with E-state index in [0.29, 0.717) is 0 Å². The Balaban J connectivity index is 1.36. The third kappa shape index (κ3) is 6.46. The molecule has 2 aromatic carbocycles. The van der Waals surface area contributed by atoms with Gasteiger partial charge in [0.1, 0.15) is 8.64 Å². The number of amides is 4. The van der Waals surface area contributed by atoms with Crippen LogP contribution in [-0.4, -0.2) is 55.2 Å². The molecule has 208 valence electrons. The van der Waals surface area contributed by atoms with Gasteiger partial charge in [0.05, 0.1) is 9.81 Å². The predicted molar refractivity (Wildman–Crippen MR) is 169 cm³/mol. The molecule has 2 fully saturated rings. The van der Waals surface area contributed by atoms with Crippen LogP contribution in [0.25, 0.3) is 0 Å². The van der Waals surface area contributed by atoms with Gasteiger partial charge in [-0.1, -0.05) is 72.2 Å². The van der Waals surface area contributed by atoms with Crippen LogP contribution in [0.1, 0.15) is 35.1 Å². The second-order valence-electron chi connectivity index (χ2n) is 9.40. The van der Waals surface area contributed by atoms with Gasteiger partial charge in [-0.25, -0.2) is 0 Å². The Morgan fingerprint density at radius 2 is 1.07 bits per heavy atom. The first-order chi connectivity index (χ1) is 19.0. The molecule has 0 radical (unpaired) electrons. The van der Waals surface area contributed by atoms with Crippen LogP contribution in [-0.2, 0) is 19.2 Å². The Morgan fingerprint density at radius 1 is 0.700 bits per heavy atom. The molecule has 2 aliphatic heterocycles. The summed E-state index contributed by atoms with van der Waals surface area (Å²) in [6, 6.07) is 11.3. The van der Waals surface area contributed by atoms with E-state index >= 15 is 0 Å². The van der Waals surface area contributed by atoms with Crippen LogP contribution in [0.3, 0.4) is 0 Å². The quantitative estimate of drug-likeness (QED) is 0.310. The summed E-state index contributed by atoms with van der Waals surface area (Å²) in [4.78, 5) is 54.6. The van der Waals surface area contributed by atoms with Crippen molar-refractivity contribution in [3.8, 4) is 0 Å². The number of aryl methyl sites for hydroxylation is 2. The van der Waals surface area contributed by atoms with E-state index in [1.165, 1.54) is 9.80 Å². The topological polar surface area (TPSA) is 98.8 Å². The standard InChI is InChI=1S/C28H28N4O4S4/c1-15-7-5-9-19(17(15)3)29-21(33)11-13-31-25(35)23(39-27(31)37)24-26(36)32(28(38)40-24)14-12-22(34)30-20-10-6-8-16(2)18(20)4/h5-10H,11-14H2,1-4H3,(H,29,33)(H,30,34). The minimum atomic E-state index is -0.428. The number of carbonyl (C=O) groups is 4. The average molecular weight is 613 g/mol. The Hall–Kier alpha value is -3.06. The molecule has 0 aromatic heterocycles. The van der Waals surface area contributed by atoms with Gasteiger partial charge in [-0.15, -0.1) is 0 Å². The van der Waals surface area contributed by atoms with E-state index in [2.05, 4.69) is 10.6 Å². The van der Waals surface area contributed by atoms with Crippen molar-refractivity contribution in [2.75, 3.05) is 23.7 Å². The van der Waals surface area contributed by atoms with Gasteiger partial charge in [0, 0.05) is 37.3 Å². The van der Waals surface area contributed by atoms with E-state index in [1.807, 2.05) is 64.1 Å². The van der Waals surface area contributed by atoms with Crippen LogP contribution in [0.15, 0.2) is 46.2 Å². The molecule has 12 heteroatoms. The first-order valence-corrected chi connectivity index (χ1v) is 15.0. The van der Waals surface area contributed by atoms with Crippen molar-refractivity contribution >= 4 is 91.6 Å². The van der Waals surface area contributed by atoms with Gasteiger partial charge in [0.15, 0.2) is 0 Å². The SMILES string of the molecule is Cc1cccc(NC(=O)CCN2C(=O)C(=C3SC(=S)N(CCC(=O)Nc4cccc(C)c4C)C3=O)SC2=S)c1C. The molecule has 2 saturated heterocycles. The molecule has 0 aliphatic carbocycles. The highest BCUT2D eigenvalue weighted by molar-refractivity contribution is 8.29. The van der Waals surface area contributed by atoms with E-state index in [1.54, 1.807) is 0 Å². The van der Waals surface area contributed by atoms with Crippen molar-refractivity contribution in [3.05, 3.63) is 68.5 Å². The molecule has 2 heterocycles. The summed E-state index contributed by atoms with van der Waals surface area (Å²) in [5.41, 5.74) is 5.53. The highest BCUT2D eigenvalue weighted by Gasteiger charge is 2.42. The minimum Gasteiger partial charge on any atom is -0.326 e. The van der Waals surface area contributed by atoms with Gasteiger partial charge in [-0.05, 0) is 62.1 Å². The number of hydrogen-bond donors (Lipinski definition) is 2. The van der Waals surface area contributed by atoms with Crippen molar-refractivity contribution in [3.63, 3.8) is 0 Å². The number of anilines is 2. The van der Waals surface area contributed by atoms with Crippen molar-refractivity contribution in [1.29, 1.82) is 0 Å². The lowest BCUT2D eigenvalue weighted by Gasteiger charge is -2.15. The maximum Gasteiger partial charge on any atom is 0.267 e. The lowest BCUT2D eigenvalue weighted by Crippen LogP contribution is -2.33. The third-order valence-electron chi connectivity index (χ3n) is 6.79. The van der Waals surface area contributed by atoms with Gasteiger partial charge < -0.3 is 10.6 Å². The maximum absolute atomic E-state index is 13.2. The molecule has 2 aliphatic rings. The number of benzene rings is 2. The molecule has 2 aromatic rings. The molecule has 0 saturated carbocycles. The summed E-state index contributed by atoms with van der Waals surface area (Å²) < 4.78 is 0.551. The predicted octanol–water partition coefficient (Wildman–Crippen LogP) is 5.21. The van der Waals surface area contributed by atoms with E-state index < -0.39 is 11.8 Å². The molecule has 0 bridgehead atoms. The van der Waals surface area contributed by atoms with Crippen molar-refractivity contribution in [2.45, 2.75) is 40.5 Å². The fourth-order valence-electron chi connectivity index (χ4n) is 4.08. The smallest absolute Gasteiger partial charge is 0.267 e. The Bertz CT molecular complexity index is 1380. The lowest BCUT2D eigenvalue weighted by molar-refractivity contribution is -0.125. The Morgan fingerprint density at radius 3 is 1.45 bits per heavy atom. The van der Waals surface area contributed by atoms with E-state index in [4.69, 9.17) is 24.4 Å². The fourth-order valence-corrected chi connectivity index (χ4v) is 6.85. The van der Waals surface area contributed by atoms with Crippen LogP contribution < -0.4 is 10.6 Å². The lowest BCUT2D eigenvalue weighted by atomic mass is 10.1. The highest BCUT2D eigenvalue weighted by Crippen LogP contribution is 2.42. The number of carbonyl (C=O) groups excluding carboxylic acids is 4. The monoisotopic (exact) mass is 612 g/mol.